The summed E-state index contributed by atoms with van der Waals surface area (Å²) in [7, 11) is 0. The van der Waals surface area contributed by atoms with Gasteiger partial charge in [-0.2, -0.15) is 0 Å². The number of anilines is 1. The maximum atomic E-state index is 11.5. The second kappa shape index (κ2) is 5.35. The van der Waals surface area contributed by atoms with Gasteiger partial charge in [0.25, 0.3) is 5.91 Å². The minimum Gasteiger partial charge on any atom is -0.490 e. The lowest BCUT2D eigenvalue weighted by molar-refractivity contribution is 0.0554. The molecule has 1 saturated carbocycles. The van der Waals surface area contributed by atoms with Crippen LogP contribution in [0.5, 0.6) is 5.75 Å². The highest BCUT2D eigenvalue weighted by atomic mass is 16.5. The number of benzene rings is 1. The first-order valence-corrected chi connectivity index (χ1v) is 7.13. The van der Waals surface area contributed by atoms with Crippen molar-refractivity contribution in [2.75, 3.05) is 5.73 Å². The van der Waals surface area contributed by atoms with Crippen LogP contribution in [-0.4, -0.2) is 12.0 Å². The van der Waals surface area contributed by atoms with Crippen LogP contribution in [0.1, 0.15) is 50.4 Å². The molecule has 0 saturated heterocycles. The largest absolute Gasteiger partial charge is 0.490 e. The first-order chi connectivity index (χ1) is 9.27. The van der Waals surface area contributed by atoms with Crippen molar-refractivity contribution >= 4 is 11.6 Å². The van der Waals surface area contributed by atoms with E-state index in [0.29, 0.717) is 22.9 Å². The molecule has 0 heterocycles. The van der Waals surface area contributed by atoms with Crippen molar-refractivity contribution in [3.05, 3.63) is 23.8 Å². The van der Waals surface area contributed by atoms with Crippen molar-refractivity contribution in [1.82, 2.24) is 0 Å². The summed E-state index contributed by atoms with van der Waals surface area (Å²) in [6.45, 7) is 6.77. The molecule has 4 N–H and O–H groups in total. The molecule has 0 aliphatic heterocycles. The molecule has 1 amide bonds. The summed E-state index contributed by atoms with van der Waals surface area (Å²) in [5.74, 6) is 0.659. The highest BCUT2D eigenvalue weighted by molar-refractivity contribution is 5.96. The molecule has 2 atom stereocenters. The lowest BCUT2D eigenvalue weighted by Crippen LogP contribution is -2.34. The van der Waals surface area contributed by atoms with E-state index in [4.69, 9.17) is 16.2 Å². The lowest BCUT2D eigenvalue weighted by atomic mass is 9.71. The Morgan fingerprint density at radius 1 is 1.35 bits per heavy atom. The SMILES string of the molecule is CC1CC(Oc2ccc(N)cc2C(N)=O)CC(C)(C)C1. The van der Waals surface area contributed by atoms with Crippen molar-refractivity contribution in [3.63, 3.8) is 0 Å². The summed E-state index contributed by atoms with van der Waals surface area (Å²) in [5, 5.41) is 0. The van der Waals surface area contributed by atoms with Gasteiger partial charge >= 0.3 is 0 Å². The average molecular weight is 276 g/mol. The highest BCUT2D eigenvalue weighted by Crippen LogP contribution is 2.40. The maximum Gasteiger partial charge on any atom is 0.252 e. The monoisotopic (exact) mass is 276 g/mol. The summed E-state index contributed by atoms with van der Waals surface area (Å²) in [5.41, 5.74) is 12.2. The lowest BCUT2D eigenvalue weighted by Gasteiger charge is -2.39. The fourth-order valence-electron chi connectivity index (χ4n) is 3.37. The van der Waals surface area contributed by atoms with E-state index in [1.807, 2.05) is 0 Å². The molecule has 0 bridgehead atoms. The van der Waals surface area contributed by atoms with Gasteiger partial charge in [0, 0.05) is 5.69 Å². The zero-order valence-corrected chi connectivity index (χ0v) is 12.5. The summed E-state index contributed by atoms with van der Waals surface area (Å²) in [6, 6.07) is 5.05. The van der Waals surface area contributed by atoms with Gasteiger partial charge in [0.05, 0.1) is 11.7 Å². The third-order valence-electron chi connectivity index (χ3n) is 3.91. The van der Waals surface area contributed by atoms with Gasteiger partial charge in [0.1, 0.15) is 5.75 Å². The Bertz CT molecular complexity index is 511. The second-order valence-electron chi connectivity index (χ2n) is 6.77. The molecule has 2 rings (SSSR count). The molecule has 1 aliphatic rings. The Labute approximate surface area is 120 Å². The van der Waals surface area contributed by atoms with E-state index in [9.17, 15) is 4.79 Å². The molecular weight excluding hydrogens is 252 g/mol. The van der Waals surface area contributed by atoms with Gasteiger partial charge in [-0.05, 0) is 48.8 Å². The van der Waals surface area contributed by atoms with Crippen LogP contribution in [0, 0.1) is 11.3 Å². The van der Waals surface area contributed by atoms with Crippen LogP contribution in [0.2, 0.25) is 0 Å². The smallest absolute Gasteiger partial charge is 0.252 e. The molecule has 0 aromatic heterocycles. The van der Waals surface area contributed by atoms with Crippen molar-refractivity contribution in [2.24, 2.45) is 17.1 Å². The number of rotatable bonds is 3. The minimum absolute atomic E-state index is 0.121. The molecule has 0 spiro atoms. The van der Waals surface area contributed by atoms with E-state index in [1.54, 1.807) is 18.2 Å². The van der Waals surface area contributed by atoms with Gasteiger partial charge in [-0.1, -0.05) is 20.8 Å². The Morgan fingerprint density at radius 3 is 2.65 bits per heavy atom. The number of amides is 1. The zero-order chi connectivity index (χ0) is 14.9. The molecule has 4 nitrogen and oxygen atoms in total. The van der Waals surface area contributed by atoms with Crippen LogP contribution in [0.25, 0.3) is 0 Å². The Hall–Kier alpha value is -1.71. The number of nitrogen functional groups attached to an aromatic ring is 1. The van der Waals surface area contributed by atoms with Gasteiger partial charge in [0.2, 0.25) is 0 Å². The van der Waals surface area contributed by atoms with Gasteiger partial charge < -0.3 is 16.2 Å². The summed E-state index contributed by atoms with van der Waals surface area (Å²) < 4.78 is 6.05. The quantitative estimate of drug-likeness (QED) is 0.833. The fourth-order valence-corrected chi connectivity index (χ4v) is 3.37. The number of carbonyl (C=O) groups excluding carboxylic acids is 1. The first-order valence-electron chi connectivity index (χ1n) is 7.13. The van der Waals surface area contributed by atoms with Crippen LogP contribution < -0.4 is 16.2 Å². The van der Waals surface area contributed by atoms with E-state index in [-0.39, 0.29) is 11.5 Å². The van der Waals surface area contributed by atoms with Crippen molar-refractivity contribution in [2.45, 2.75) is 46.1 Å². The predicted molar refractivity (Wildman–Crippen MR) is 80.6 cm³/mol. The van der Waals surface area contributed by atoms with Crippen molar-refractivity contribution in [3.8, 4) is 5.75 Å². The topological polar surface area (TPSA) is 78.3 Å². The number of ether oxygens (including phenoxy) is 1. The Balaban J connectivity index is 2.19. The van der Waals surface area contributed by atoms with Gasteiger partial charge in [-0.15, -0.1) is 0 Å². The minimum atomic E-state index is -0.504. The zero-order valence-electron chi connectivity index (χ0n) is 12.5. The number of hydrogen-bond donors (Lipinski definition) is 2. The molecular formula is C16H24N2O2. The molecule has 1 fully saturated rings. The Morgan fingerprint density at radius 2 is 2.05 bits per heavy atom. The summed E-state index contributed by atoms with van der Waals surface area (Å²) >= 11 is 0. The highest BCUT2D eigenvalue weighted by Gasteiger charge is 2.33. The first kappa shape index (κ1) is 14.7. The normalized spacial score (nSPS) is 25.1. The molecule has 110 valence electrons. The van der Waals surface area contributed by atoms with Crippen LogP contribution in [0.3, 0.4) is 0 Å². The standard InChI is InChI=1S/C16H24N2O2/c1-10-6-12(9-16(2,3)8-10)20-14-5-4-11(17)7-13(14)15(18)19/h4-5,7,10,12H,6,8-9,17H2,1-3H3,(H2,18,19). The number of primary amides is 1. The molecule has 1 aliphatic carbocycles. The summed E-state index contributed by atoms with van der Waals surface area (Å²) in [4.78, 5) is 11.5. The molecule has 2 unspecified atom stereocenters. The Kier molecular flexibility index (Phi) is 3.93. The van der Waals surface area contributed by atoms with Gasteiger partial charge in [-0.3, -0.25) is 4.79 Å². The number of nitrogens with two attached hydrogens (primary N) is 2. The fraction of sp³-hybridized carbons (Fsp3) is 0.562. The van der Waals surface area contributed by atoms with E-state index < -0.39 is 5.91 Å². The van der Waals surface area contributed by atoms with Crippen LogP contribution in [0.15, 0.2) is 18.2 Å². The number of hydrogen-bond acceptors (Lipinski definition) is 3. The van der Waals surface area contributed by atoms with E-state index >= 15 is 0 Å². The molecule has 0 radical (unpaired) electrons. The van der Waals surface area contributed by atoms with Crippen LogP contribution in [0.4, 0.5) is 5.69 Å². The molecule has 4 heteroatoms. The summed E-state index contributed by atoms with van der Waals surface area (Å²) in [6.07, 6.45) is 3.32. The van der Waals surface area contributed by atoms with E-state index in [2.05, 4.69) is 20.8 Å². The third-order valence-corrected chi connectivity index (χ3v) is 3.91. The molecule has 20 heavy (non-hydrogen) atoms. The molecule has 1 aromatic rings. The van der Waals surface area contributed by atoms with Gasteiger partial charge in [-0.25, -0.2) is 0 Å². The second-order valence-corrected chi connectivity index (χ2v) is 6.77. The van der Waals surface area contributed by atoms with Crippen LogP contribution in [-0.2, 0) is 0 Å². The van der Waals surface area contributed by atoms with Crippen molar-refractivity contribution in [1.29, 1.82) is 0 Å². The predicted octanol–water partition coefficient (Wildman–Crippen LogP) is 2.96. The maximum absolute atomic E-state index is 11.5. The van der Waals surface area contributed by atoms with Crippen molar-refractivity contribution < 1.29 is 9.53 Å². The van der Waals surface area contributed by atoms with E-state index in [1.165, 1.54) is 6.42 Å². The molecule has 1 aromatic carbocycles. The van der Waals surface area contributed by atoms with E-state index in [0.717, 1.165) is 12.8 Å². The average Bonchev–Trinajstić information content (AvgIpc) is 2.28. The van der Waals surface area contributed by atoms with Crippen LogP contribution >= 0.6 is 0 Å². The van der Waals surface area contributed by atoms with Gasteiger partial charge in [0.15, 0.2) is 0 Å². The number of carbonyl (C=O) groups is 1. The third kappa shape index (κ3) is 3.44.